The van der Waals surface area contributed by atoms with Crippen LogP contribution in [0.4, 0.5) is 16.2 Å². The van der Waals surface area contributed by atoms with E-state index in [0.717, 1.165) is 6.42 Å². The zero-order valence-corrected chi connectivity index (χ0v) is 15.4. The van der Waals surface area contributed by atoms with Crippen molar-refractivity contribution < 1.29 is 18.7 Å². The summed E-state index contributed by atoms with van der Waals surface area (Å²) < 4.78 is 17.2. The van der Waals surface area contributed by atoms with Crippen molar-refractivity contribution in [3.63, 3.8) is 0 Å². The second-order valence-corrected chi connectivity index (χ2v) is 5.88. The summed E-state index contributed by atoms with van der Waals surface area (Å²) >= 11 is 0. The first-order valence-corrected chi connectivity index (χ1v) is 8.48. The van der Waals surface area contributed by atoms with Crippen LogP contribution in [-0.4, -0.2) is 24.8 Å². The quantitative estimate of drug-likeness (QED) is 0.689. The first-order chi connectivity index (χ1) is 13.0. The predicted molar refractivity (Wildman–Crippen MR) is 103 cm³/mol. The monoisotopic (exact) mass is 371 g/mol. The van der Waals surface area contributed by atoms with E-state index in [4.69, 9.17) is 13.9 Å². The van der Waals surface area contributed by atoms with Crippen LogP contribution in [0.1, 0.15) is 13.3 Å². The Bertz CT molecular complexity index is 1000. The summed E-state index contributed by atoms with van der Waals surface area (Å²) in [5.41, 5.74) is 2.15. The van der Waals surface area contributed by atoms with Gasteiger partial charge in [-0.15, -0.1) is 0 Å². The van der Waals surface area contributed by atoms with Crippen molar-refractivity contribution in [3.05, 3.63) is 46.9 Å². The second-order valence-electron chi connectivity index (χ2n) is 5.88. The number of carbonyl (C=O) groups is 1. The normalized spacial score (nSPS) is 10.6. The zero-order valence-electron chi connectivity index (χ0n) is 15.4. The highest BCUT2D eigenvalue weighted by Crippen LogP contribution is 2.26. The van der Waals surface area contributed by atoms with Gasteiger partial charge in [0.15, 0.2) is 5.58 Å². The molecule has 8 heteroatoms. The molecular weight excluding hydrogens is 350 g/mol. The first kappa shape index (κ1) is 18.4. The molecule has 0 unspecified atom stereocenters. The summed E-state index contributed by atoms with van der Waals surface area (Å²) in [4.78, 5) is 24.2. The van der Waals surface area contributed by atoms with Crippen LogP contribution in [0.25, 0.3) is 11.1 Å². The number of benzene rings is 2. The molecular formula is C19H21N3O5. The van der Waals surface area contributed by atoms with E-state index in [1.165, 1.54) is 14.2 Å². The second kappa shape index (κ2) is 7.86. The van der Waals surface area contributed by atoms with Crippen molar-refractivity contribution in [2.75, 3.05) is 24.9 Å². The molecule has 2 N–H and O–H groups in total. The van der Waals surface area contributed by atoms with Crippen molar-refractivity contribution in [1.29, 1.82) is 0 Å². The number of rotatable bonds is 6. The van der Waals surface area contributed by atoms with E-state index in [1.54, 1.807) is 41.0 Å². The number of aromatic nitrogens is 1. The van der Waals surface area contributed by atoms with Gasteiger partial charge in [-0.25, -0.2) is 9.59 Å². The molecule has 8 nitrogen and oxygen atoms in total. The van der Waals surface area contributed by atoms with Gasteiger partial charge >= 0.3 is 11.8 Å². The predicted octanol–water partition coefficient (Wildman–Crippen LogP) is 3.67. The van der Waals surface area contributed by atoms with Gasteiger partial charge in [-0.1, -0.05) is 6.92 Å². The molecule has 142 valence electrons. The van der Waals surface area contributed by atoms with Crippen LogP contribution in [0.15, 0.2) is 45.6 Å². The summed E-state index contributed by atoms with van der Waals surface area (Å²) in [6, 6.07) is 9.70. The maximum absolute atomic E-state index is 12.3. The number of urea groups is 1. The Morgan fingerprint density at radius 3 is 2.33 bits per heavy atom. The van der Waals surface area contributed by atoms with Gasteiger partial charge in [0.2, 0.25) is 0 Å². The van der Waals surface area contributed by atoms with E-state index in [9.17, 15) is 9.59 Å². The number of carbonyl (C=O) groups excluding carboxylic acids is 1. The molecule has 0 radical (unpaired) electrons. The van der Waals surface area contributed by atoms with Crippen molar-refractivity contribution in [3.8, 4) is 11.5 Å². The highest BCUT2D eigenvalue weighted by molar-refractivity contribution is 6.00. The number of nitrogens with one attached hydrogen (secondary N) is 2. The molecule has 0 aliphatic heterocycles. The summed E-state index contributed by atoms with van der Waals surface area (Å²) in [6.45, 7) is 2.57. The molecule has 1 aromatic heterocycles. The molecule has 3 rings (SSSR count). The Morgan fingerprint density at radius 1 is 1.04 bits per heavy atom. The molecule has 0 fully saturated rings. The van der Waals surface area contributed by atoms with Gasteiger partial charge in [0.1, 0.15) is 11.5 Å². The maximum atomic E-state index is 12.3. The number of hydrogen-bond donors (Lipinski definition) is 2. The fraction of sp³-hybridized carbons (Fsp3) is 0.263. The zero-order chi connectivity index (χ0) is 19.4. The molecule has 0 bridgehead atoms. The van der Waals surface area contributed by atoms with Gasteiger partial charge in [-0.3, -0.25) is 4.57 Å². The van der Waals surface area contributed by atoms with E-state index in [-0.39, 0.29) is 0 Å². The fourth-order valence-corrected chi connectivity index (χ4v) is 2.75. The Balaban J connectivity index is 1.77. The van der Waals surface area contributed by atoms with Crippen molar-refractivity contribution in [2.45, 2.75) is 19.9 Å². The molecule has 2 amide bonds. The minimum Gasteiger partial charge on any atom is -0.497 e. The fourth-order valence-electron chi connectivity index (χ4n) is 2.75. The van der Waals surface area contributed by atoms with Crippen LogP contribution < -0.4 is 25.9 Å². The van der Waals surface area contributed by atoms with E-state index < -0.39 is 11.8 Å². The lowest BCUT2D eigenvalue weighted by Gasteiger charge is -2.11. The molecule has 27 heavy (non-hydrogen) atoms. The van der Waals surface area contributed by atoms with Gasteiger partial charge in [-0.05, 0) is 18.6 Å². The Kier molecular flexibility index (Phi) is 5.35. The van der Waals surface area contributed by atoms with E-state index >= 15 is 0 Å². The highest BCUT2D eigenvalue weighted by Gasteiger charge is 2.11. The lowest BCUT2D eigenvalue weighted by Crippen LogP contribution is -2.19. The van der Waals surface area contributed by atoms with Crippen molar-refractivity contribution in [2.24, 2.45) is 0 Å². The average Bonchev–Trinajstić information content (AvgIpc) is 2.96. The highest BCUT2D eigenvalue weighted by atomic mass is 16.5. The maximum Gasteiger partial charge on any atom is 0.419 e. The third kappa shape index (κ3) is 4.05. The van der Waals surface area contributed by atoms with Gasteiger partial charge in [-0.2, -0.15) is 0 Å². The van der Waals surface area contributed by atoms with Crippen LogP contribution in [0.2, 0.25) is 0 Å². The molecule has 0 saturated heterocycles. The molecule has 2 aromatic carbocycles. The first-order valence-electron chi connectivity index (χ1n) is 8.48. The third-order valence-corrected chi connectivity index (χ3v) is 3.98. The number of nitrogens with zero attached hydrogens (tertiary/aromatic N) is 1. The Morgan fingerprint density at radius 2 is 1.70 bits per heavy atom. The summed E-state index contributed by atoms with van der Waals surface area (Å²) in [7, 11) is 3.07. The third-order valence-electron chi connectivity index (χ3n) is 3.98. The smallest absolute Gasteiger partial charge is 0.419 e. The number of ether oxygens (including phenoxy) is 2. The molecule has 0 saturated carbocycles. The summed E-state index contributed by atoms with van der Waals surface area (Å²) in [5, 5.41) is 5.43. The number of hydrogen-bond acceptors (Lipinski definition) is 5. The van der Waals surface area contributed by atoms with E-state index in [2.05, 4.69) is 10.6 Å². The molecule has 0 aliphatic rings. The van der Waals surface area contributed by atoms with E-state index in [1.807, 2.05) is 6.92 Å². The molecule has 3 aromatic rings. The van der Waals surface area contributed by atoms with Crippen molar-refractivity contribution in [1.82, 2.24) is 4.57 Å². The standard InChI is InChI=1S/C19H21N3O5/c1-4-7-22-16-6-5-12(10-17(16)27-19(22)24)20-18(23)21-13-8-14(25-2)11-15(9-13)26-3/h5-6,8-11H,4,7H2,1-3H3,(H2,20,21,23). The SMILES string of the molecule is CCCn1c(=O)oc2cc(NC(=O)Nc3cc(OC)cc(OC)c3)ccc21. The summed E-state index contributed by atoms with van der Waals surface area (Å²) in [6.07, 6.45) is 0.820. The number of anilines is 2. The Labute approximate surface area is 155 Å². The lowest BCUT2D eigenvalue weighted by molar-refractivity contribution is 0.262. The van der Waals surface area contributed by atoms with Gasteiger partial charge < -0.3 is 24.5 Å². The van der Waals surface area contributed by atoms with Gasteiger partial charge in [0, 0.05) is 42.2 Å². The van der Waals surface area contributed by atoms with Crippen LogP contribution in [0.5, 0.6) is 11.5 Å². The van der Waals surface area contributed by atoms with Crippen LogP contribution in [-0.2, 0) is 6.54 Å². The molecule has 0 atom stereocenters. The van der Waals surface area contributed by atoms with Gasteiger partial charge in [0.05, 0.1) is 19.7 Å². The molecule has 0 spiro atoms. The lowest BCUT2D eigenvalue weighted by atomic mass is 10.2. The van der Waals surface area contributed by atoms with Crippen LogP contribution >= 0.6 is 0 Å². The Hall–Kier alpha value is -3.42. The minimum atomic E-state index is -0.444. The number of oxazole rings is 1. The largest absolute Gasteiger partial charge is 0.497 e. The minimum absolute atomic E-state index is 0.406. The van der Waals surface area contributed by atoms with Gasteiger partial charge in [0.25, 0.3) is 0 Å². The topological polar surface area (TPSA) is 94.7 Å². The number of methoxy groups -OCH3 is 2. The van der Waals surface area contributed by atoms with Crippen LogP contribution in [0.3, 0.4) is 0 Å². The van der Waals surface area contributed by atoms with Crippen LogP contribution in [0, 0.1) is 0 Å². The van der Waals surface area contributed by atoms with E-state index in [0.29, 0.717) is 40.5 Å². The average molecular weight is 371 g/mol. The number of amides is 2. The molecule has 1 heterocycles. The number of fused-ring (bicyclic) bond motifs is 1. The van der Waals surface area contributed by atoms with Crippen molar-refractivity contribution >= 4 is 28.5 Å². The number of aryl methyl sites for hydroxylation is 1. The molecule has 0 aliphatic carbocycles. The summed E-state index contributed by atoms with van der Waals surface area (Å²) in [5.74, 6) is 0.715.